The van der Waals surface area contributed by atoms with Gasteiger partial charge in [-0.2, -0.15) is 0 Å². The molecule has 110 valence electrons. The molecule has 0 atom stereocenters. The number of hydrogen-bond acceptors (Lipinski definition) is 1. The van der Waals surface area contributed by atoms with Crippen molar-refractivity contribution in [1.82, 2.24) is 0 Å². The molecule has 0 heterocycles. The highest BCUT2D eigenvalue weighted by Crippen LogP contribution is 2.49. The molecule has 0 saturated heterocycles. The minimum absolute atomic E-state index is 0.0283. The van der Waals surface area contributed by atoms with Crippen molar-refractivity contribution in [2.24, 2.45) is 5.41 Å². The van der Waals surface area contributed by atoms with Gasteiger partial charge in [0, 0.05) is 10.5 Å². The topological polar surface area (TPSA) is 12.0 Å². The highest BCUT2D eigenvalue weighted by Gasteiger charge is 2.37. The summed E-state index contributed by atoms with van der Waals surface area (Å²) in [6, 6.07) is 2.82. The third-order valence-corrected chi connectivity index (χ3v) is 5.52. The molecule has 1 N–H and O–H groups in total. The molecule has 1 aromatic rings. The van der Waals surface area contributed by atoms with Gasteiger partial charge in [-0.05, 0) is 56.1 Å². The Kier molecular flexibility index (Phi) is 4.02. The second-order valence-corrected chi connectivity index (χ2v) is 7.29. The smallest absolute Gasteiger partial charge is 0.150 e. The zero-order chi connectivity index (χ0) is 14.2. The van der Waals surface area contributed by atoms with Crippen molar-refractivity contribution in [2.45, 2.75) is 57.4 Å². The minimum Gasteiger partial charge on any atom is -0.378 e. The maximum Gasteiger partial charge on any atom is 0.150 e. The molecule has 1 aromatic carbocycles. The average Bonchev–Trinajstić information content (AvgIpc) is 2.85. The molecule has 1 nitrogen and oxygen atoms in total. The van der Waals surface area contributed by atoms with Crippen LogP contribution >= 0.6 is 15.9 Å². The van der Waals surface area contributed by atoms with E-state index in [1.165, 1.54) is 50.7 Å². The van der Waals surface area contributed by atoms with Gasteiger partial charge in [-0.1, -0.05) is 28.8 Å². The molecule has 0 unspecified atom stereocenters. The van der Waals surface area contributed by atoms with Crippen LogP contribution in [0.15, 0.2) is 16.6 Å². The summed E-state index contributed by atoms with van der Waals surface area (Å²) in [5, 5.41) is 3.08. The van der Waals surface area contributed by atoms with Gasteiger partial charge in [-0.25, -0.2) is 8.78 Å². The molecule has 2 fully saturated rings. The fourth-order valence-corrected chi connectivity index (χ4v) is 4.29. The van der Waals surface area contributed by atoms with Crippen LogP contribution in [0.2, 0.25) is 0 Å². The lowest BCUT2D eigenvalue weighted by Crippen LogP contribution is -2.32. The predicted molar refractivity (Wildman–Crippen MR) is 80.8 cm³/mol. The molecule has 0 bridgehead atoms. The van der Waals surface area contributed by atoms with Crippen LogP contribution < -0.4 is 5.32 Å². The van der Waals surface area contributed by atoms with Gasteiger partial charge in [0.1, 0.15) is 17.3 Å². The molecule has 3 rings (SSSR count). The molecule has 1 spiro atoms. The Labute approximate surface area is 127 Å². The van der Waals surface area contributed by atoms with E-state index >= 15 is 0 Å². The number of rotatable bonds is 2. The Balaban J connectivity index is 1.65. The van der Waals surface area contributed by atoms with Crippen molar-refractivity contribution in [1.29, 1.82) is 0 Å². The molecule has 20 heavy (non-hydrogen) atoms. The number of nitrogens with one attached hydrogen (secondary N) is 1. The Hall–Kier alpha value is -0.640. The fourth-order valence-electron chi connectivity index (χ4n) is 3.88. The molecule has 2 aliphatic rings. The monoisotopic (exact) mass is 343 g/mol. The summed E-state index contributed by atoms with van der Waals surface area (Å²) in [5.41, 5.74) is 0.579. The van der Waals surface area contributed by atoms with Crippen molar-refractivity contribution in [3.8, 4) is 0 Å². The van der Waals surface area contributed by atoms with Crippen LogP contribution in [0.1, 0.15) is 51.4 Å². The molecule has 2 saturated carbocycles. The minimum atomic E-state index is -0.516. The van der Waals surface area contributed by atoms with Crippen LogP contribution in [-0.4, -0.2) is 6.04 Å². The van der Waals surface area contributed by atoms with Gasteiger partial charge in [0.2, 0.25) is 0 Å². The number of anilines is 1. The van der Waals surface area contributed by atoms with E-state index in [-0.39, 0.29) is 11.7 Å². The van der Waals surface area contributed by atoms with E-state index < -0.39 is 11.6 Å². The largest absolute Gasteiger partial charge is 0.378 e. The van der Waals surface area contributed by atoms with Gasteiger partial charge in [0.25, 0.3) is 0 Å². The number of benzene rings is 1. The number of hydrogen-bond donors (Lipinski definition) is 1. The first-order valence-corrected chi connectivity index (χ1v) is 8.28. The van der Waals surface area contributed by atoms with E-state index in [2.05, 4.69) is 21.2 Å². The molecule has 0 aliphatic heterocycles. The first kappa shape index (κ1) is 14.3. The van der Waals surface area contributed by atoms with Gasteiger partial charge in [-0.15, -0.1) is 0 Å². The van der Waals surface area contributed by atoms with E-state index in [9.17, 15) is 8.78 Å². The standard InChI is InChI=1S/C16H20BrF2N/c17-11-9-13(18)15(14(19)10-11)20-12-3-7-16(8-4-12)5-1-2-6-16/h9-10,12,20H,1-8H2. The number of halogens is 3. The Morgan fingerprint density at radius 1 is 1.00 bits per heavy atom. The summed E-state index contributed by atoms with van der Waals surface area (Å²) in [6.07, 6.45) is 9.85. The summed E-state index contributed by atoms with van der Waals surface area (Å²) in [7, 11) is 0. The zero-order valence-electron chi connectivity index (χ0n) is 11.5. The summed E-state index contributed by atoms with van der Waals surface area (Å²) in [5.74, 6) is -1.03. The maximum atomic E-state index is 13.8. The SMILES string of the molecule is Fc1cc(Br)cc(F)c1NC1CCC2(CCCC2)CC1. The molecule has 0 radical (unpaired) electrons. The van der Waals surface area contributed by atoms with Gasteiger partial charge in [-0.3, -0.25) is 0 Å². The predicted octanol–water partition coefficient (Wildman–Crippen LogP) is 5.64. The molecular formula is C16H20BrF2N. The van der Waals surface area contributed by atoms with Crippen molar-refractivity contribution >= 4 is 21.6 Å². The molecule has 4 heteroatoms. The van der Waals surface area contributed by atoms with E-state index in [4.69, 9.17) is 0 Å². The molecule has 0 amide bonds. The van der Waals surface area contributed by atoms with Crippen molar-refractivity contribution in [3.63, 3.8) is 0 Å². The van der Waals surface area contributed by atoms with E-state index in [0.717, 1.165) is 12.8 Å². The van der Waals surface area contributed by atoms with Crippen LogP contribution in [-0.2, 0) is 0 Å². The second-order valence-electron chi connectivity index (χ2n) is 6.37. The van der Waals surface area contributed by atoms with E-state index in [1.54, 1.807) is 0 Å². The normalized spacial score (nSPS) is 22.4. The Morgan fingerprint density at radius 3 is 2.10 bits per heavy atom. The quantitative estimate of drug-likeness (QED) is 0.732. The van der Waals surface area contributed by atoms with E-state index in [1.807, 2.05) is 0 Å². The summed E-state index contributed by atoms with van der Waals surface area (Å²) >= 11 is 3.11. The average molecular weight is 344 g/mol. The molecule has 2 aliphatic carbocycles. The van der Waals surface area contributed by atoms with Crippen molar-refractivity contribution in [2.75, 3.05) is 5.32 Å². The maximum absolute atomic E-state index is 13.8. The van der Waals surface area contributed by atoms with Crippen LogP contribution in [0, 0.1) is 17.0 Å². The van der Waals surface area contributed by atoms with Crippen molar-refractivity contribution in [3.05, 3.63) is 28.2 Å². The van der Waals surface area contributed by atoms with Crippen LogP contribution in [0.5, 0.6) is 0 Å². The van der Waals surface area contributed by atoms with Gasteiger partial charge in [0.15, 0.2) is 0 Å². The van der Waals surface area contributed by atoms with Gasteiger partial charge in [0.05, 0.1) is 0 Å². The third-order valence-electron chi connectivity index (χ3n) is 5.07. The lowest BCUT2D eigenvalue weighted by Gasteiger charge is -2.38. The van der Waals surface area contributed by atoms with Gasteiger partial charge < -0.3 is 5.32 Å². The zero-order valence-corrected chi connectivity index (χ0v) is 13.1. The summed E-state index contributed by atoms with van der Waals surface area (Å²) in [4.78, 5) is 0. The van der Waals surface area contributed by atoms with Gasteiger partial charge >= 0.3 is 0 Å². The van der Waals surface area contributed by atoms with Crippen LogP contribution in [0.3, 0.4) is 0 Å². The summed E-state index contributed by atoms with van der Waals surface area (Å²) < 4.78 is 28.1. The van der Waals surface area contributed by atoms with E-state index in [0.29, 0.717) is 9.89 Å². The molecule has 0 aromatic heterocycles. The Morgan fingerprint density at radius 2 is 1.55 bits per heavy atom. The fraction of sp³-hybridized carbons (Fsp3) is 0.625. The van der Waals surface area contributed by atoms with Crippen LogP contribution in [0.4, 0.5) is 14.5 Å². The highest BCUT2D eigenvalue weighted by atomic mass is 79.9. The highest BCUT2D eigenvalue weighted by molar-refractivity contribution is 9.10. The second kappa shape index (κ2) is 5.63. The lowest BCUT2D eigenvalue weighted by molar-refractivity contribution is 0.187. The lowest BCUT2D eigenvalue weighted by atomic mass is 9.71. The van der Waals surface area contributed by atoms with Crippen molar-refractivity contribution < 1.29 is 8.78 Å². The first-order valence-electron chi connectivity index (χ1n) is 7.49. The first-order chi connectivity index (χ1) is 9.58. The van der Waals surface area contributed by atoms with Crippen LogP contribution in [0.25, 0.3) is 0 Å². The summed E-state index contributed by atoms with van der Waals surface area (Å²) in [6.45, 7) is 0. The Bertz CT molecular complexity index is 464. The third kappa shape index (κ3) is 2.85. The molecular weight excluding hydrogens is 324 g/mol.